The Morgan fingerprint density at radius 2 is 1.67 bits per heavy atom. The van der Waals surface area contributed by atoms with Crippen molar-refractivity contribution in [3.05, 3.63) is 106 Å². The normalized spacial score (nSPS) is 16.2. The van der Waals surface area contributed by atoms with Crippen LogP contribution in [0.1, 0.15) is 49.7 Å². The number of rotatable bonds is 11. The van der Waals surface area contributed by atoms with Crippen LogP contribution in [0.15, 0.2) is 89.8 Å². The van der Waals surface area contributed by atoms with Crippen LogP contribution in [0.25, 0.3) is 10.8 Å². The lowest BCUT2D eigenvalue weighted by molar-refractivity contribution is -0.141. The molecule has 1 aliphatic heterocycles. The largest absolute Gasteiger partial charge is 0.352 e. The molecule has 1 saturated carbocycles. The highest BCUT2D eigenvalue weighted by Gasteiger charge is 2.36. The van der Waals surface area contributed by atoms with Crippen molar-refractivity contribution in [2.75, 3.05) is 10.8 Å². The molecule has 0 saturated heterocycles. The van der Waals surface area contributed by atoms with E-state index < -0.39 is 16.1 Å². The zero-order valence-corrected chi connectivity index (χ0v) is 27.1. The number of carbonyl (C=O) groups excluding carboxylic acids is 2. The molecule has 45 heavy (non-hydrogen) atoms. The molecule has 2 aliphatic rings. The number of hydrogen-bond acceptors (Lipinski definition) is 4. The fourth-order valence-corrected chi connectivity index (χ4v) is 8.69. The van der Waals surface area contributed by atoms with Gasteiger partial charge in [0.05, 0.1) is 10.6 Å². The van der Waals surface area contributed by atoms with Gasteiger partial charge in [-0.15, -0.1) is 0 Å². The Bertz CT molecular complexity index is 1820. The van der Waals surface area contributed by atoms with E-state index in [-0.39, 0.29) is 48.7 Å². The Kier molecular flexibility index (Phi) is 9.36. The van der Waals surface area contributed by atoms with Crippen molar-refractivity contribution >= 4 is 61.5 Å². The van der Waals surface area contributed by atoms with Crippen molar-refractivity contribution in [1.82, 2.24) is 10.2 Å². The van der Waals surface area contributed by atoms with Crippen LogP contribution in [-0.2, 0) is 32.6 Å². The van der Waals surface area contributed by atoms with E-state index in [0.717, 1.165) is 36.6 Å². The van der Waals surface area contributed by atoms with Gasteiger partial charge in [0.2, 0.25) is 11.8 Å². The highest BCUT2D eigenvalue weighted by atomic mass is 35.5. The van der Waals surface area contributed by atoms with Gasteiger partial charge in [-0.3, -0.25) is 13.9 Å². The summed E-state index contributed by atoms with van der Waals surface area (Å²) in [7, 11) is -3.74. The van der Waals surface area contributed by atoms with Crippen molar-refractivity contribution in [2.45, 2.75) is 68.5 Å². The number of anilines is 1. The summed E-state index contributed by atoms with van der Waals surface area (Å²) in [5, 5.41) is 5.65. The molecule has 4 aromatic rings. The summed E-state index contributed by atoms with van der Waals surface area (Å²) in [4.78, 5) is 30.0. The standard InChI is InChI=1S/C35H35Cl2N3O4S/c36-27-19-18-26(29(37)22-27)23-39(31(21-24-9-2-1-3-10-24)35(42)38-28-13-4-5-14-28)33(41)17-8-20-40-30-15-6-11-25-12-7-16-32(34(25)30)45(40,43)44/h1-3,6-7,9-12,15-16,18-19,22,28,31H,4-5,8,13-14,17,20-21,23H2,(H,38,42). The van der Waals surface area contributed by atoms with E-state index in [2.05, 4.69) is 5.32 Å². The predicted octanol–water partition coefficient (Wildman–Crippen LogP) is 7.13. The topological polar surface area (TPSA) is 86.8 Å². The Labute approximate surface area is 274 Å². The highest BCUT2D eigenvalue weighted by Crippen LogP contribution is 2.42. The van der Waals surface area contributed by atoms with Gasteiger partial charge in [-0.2, -0.15) is 0 Å². The van der Waals surface area contributed by atoms with E-state index in [1.54, 1.807) is 41.3 Å². The molecule has 10 heteroatoms. The molecule has 1 N–H and O–H groups in total. The molecule has 1 atom stereocenters. The van der Waals surface area contributed by atoms with Gasteiger partial charge in [0.1, 0.15) is 6.04 Å². The number of sulfonamides is 1. The van der Waals surface area contributed by atoms with E-state index >= 15 is 0 Å². The molecule has 2 amide bonds. The van der Waals surface area contributed by atoms with Crippen molar-refractivity contribution < 1.29 is 18.0 Å². The predicted molar refractivity (Wildman–Crippen MR) is 179 cm³/mol. The molecule has 1 fully saturated rings. The molecule has 0 radical (unpaired) electrons. The lowest BCUT2D eigenvalue weighted by Gasteiger charge is -2.33. The van der Waals surface area contributed by atoms with Crippen LogP contribution in [0.4, 0.5) is 5.69 Å². The SMILES string of the molecule is O=C(NC1CCCC1)C(Cc1ccccc1)N(Cc1ccc(Cl)cc1Cl)C(=O)CCCN1c2cccc3cccc(c23)S1(=O)=O. The molecule has 1 unspecified atom stereocenters. The summed E-state index contributed by atoms with van der Waals surface area (Å²) in [6.07, 6.45) is 4.61. The zero-order valence-electron chi connectivity index (χ0n) is 24.8. The van der Waals surface area contributed by atoms with Crippen molar-refractivity contribution in [1.29, 1.82) is 0 Å². The molecule has 0 bridgehead atoms. The summed E-state index contributed by atoms with van der Waals surface area (Å²) in [5.74, 6) is -0.454. The first-order chi connectivity index (χ1) is 21.7. The van der Waals surface area contributed by atoms with Gasteiger partial charge < -0.3 is 10.2 Å². The molecule has 7 nitrogen and oxygen atoms in total. The summed E-state index contributed by atoms with van der Waals surface area (Å²) in [5.41, 5.74) is 2.22. The Hall–Kier alpha value is -3.59. The Balaban J connectivity index is 1.26. The van der Waals surface area contributed by atoms with E-state index in [9.17, 15) is 18.0 Å². The number of halogens is 2. The Morgan fingerprint density at radius 3 is 2.40 bits per heavy atom. The lowest BCUT2D eigenvalue weighted by Crippen LogP contribution is -2.52. The summed E-state index contributed by atoms with van der Waals surface area (Å²) >= 11 is 12.7. The second-order valence-electron chi connectivity index (χ2n) is 11.8. The number of hydrogen-bond donors (Lipinski definition) is 1. The van der Waals surface area contributed by atoms with Crippen molar-refractivity contribution in [3.8, 4) is 0 Å². The first-order valence-electron chi connectivity index (χ1n) is 15.3. The fraction of sp³-hybridized carbons (Fsp3) is 0.314. The van der Waals surface area contributed by atoms with E-state index in [1.165, 1.54) is 4.31 Å². The second-order valence-corrected chi connectivity index (χ2v) is 14.4. The molecule has 234 valence electrons. The van der Waals surface area contributed by atoms with Gasteiger partial charge in [0.25, 0.3) is 10.0 Å². The maximum Gasteiger partial charge on any atom is 0.265 e. The number of nitrogens with one attached hydrogen (secondary N) is 1. The highest BCUT2D eigenvalue weighted by molar-refractivity contribution is 7.93. The van der Waals surface area contributed by atoms with Gasteiger partial charge in [-0.05, 0) is 60.0 Å². The molecule has 6 rings (SSSR count). The molecule has 0 spiro atoms. The van der Waals surface area contributed by atoms with Crippen LogP contribution in [0, 0.1) is 0 Å². The van der Waals surface area contributed by atoms with E-state index in [1.807, 2.05) is 48.5 Å². The first kappa shape index (κ1) is 31.4. The molecule has 1 aliphatic carbocycles. The van der Waals surface area contributed by atoms with Crippen LogP contribution >= 0.6 is 23.2 Å². The quantitative estimate of drug-likeness (QED) is 0.185. The smallest absolute Gasteiger partial charge is 0.265 e. The minimum absolute atomic E-state index is 0.0472. The van der Waals surface area contributed by atoms with E-state index in [0.29, 0.717) is 33.1 Å². The number of carbonyl (C=O) groups is 2. The Morgan fingerprint density at radius 1 is 0.933 bits per heavy atom. The third-order valence-electron chi connectivity index (χ3n) is 8.76. The average Bonchev–Trinajstić information content (AvgIpc) is 3.61. The second kappa shape index (κ2) is 13.4. The molecule has 0 aromatic heterocycles. The third kappa shape index (κ3) is 6.69. The number of benzene rings is 4. The van der Waals surface area contributed by atoms with Crippen LogP contribution in [0.2, 0.25) is 10.0 Å². The van der Waals surface area contributed by atoms with Gasteiger partial charge in [0, 0.05) is 47.4 Å². The van der Waals surface area contributed by atoms with Crippen molar-refractivity contribution in [3.63, 3.8) is 0 Å². The van der Waals surface area contributed by atoms with Gasteiger partial charge in [0.15, 0.2) is 0 Å². The summed E-state index contributed by atoms with van der Waals surface area (Å²) in [6, 6.07) is 24.9. The minimum Gasteiger partial charge on any atom is -0.352 e. The third-order valence-corrected chi connectivity index (χ3v) is 11.2. The summed E-state index contributed by atoms with van der Waals surface area (Å²) in [6.45, 7) is 0.242. The molecular weight excluding hydrogens is 629 g/mol. The first-order valence-corrected chi connectivity index (χ1v) is 17.5. The zero-order chi connectivity index (χ0) is 31.6. The van der Waals surface area contributed by atoms with Gasteiger partial charge in [-0.1, -0.05) is 96.7 Å². The number of amides is 2. The van der Waals surface area contributed by atoms with E-state index in [4.69, 9.17) is 23.2 Å². The fourth-order valence-electron chi connectivity index (χ4n) is 6.47. The number of nitrogens with zero attached hydrogens (tertiary/aromatic N) is 2. The maximum absolute atomic E-state index is 14.2. The average molecular weight is 665 g/mol. The van der Waals surface area contributed by atoms with Crippen LogP contribution in [0.3, 0.4) is 0 Å². The van der Waals surface area contributed by atoms with Crippen LogP contribution < -0.4 is 9.62 Å². The molecule has 4 aromatic carbocycles. The van der Waals surface area contributed by atoms with Crippen molar-refractivity contribution in [2.24, 2.45) is 0 Å². The minimum atomic E-state index is -3.74. The summed E-state index contributed by atoms with van der Waals surface area (Å²) < 4.78 is 28.4. The monoisotopic (exact) mass is 663 g/mol. The molecule has 1 heterocycles. The van der Waals surface area contributed by atoms with Crippen LogP contribution in [-0.4, -0.2) is 43.8 Å². The lowest BCUT2D eigenvalue weighted by atomic mass is 10.0. The maximum atomic E-state index is 14.2. The van der Waals surface area contributed by atoms with Gasteiger partial charge in [-0.25, -0.2) is 8.42 Å². The van der Waals surface area contributed by atoms with Crippen LogP contribution in [0.5, 0.6) is 0 Å². The van der Waals surface area contributed by atoms with Gasteiger partial charge >= 0.3 is 0 Å². The molecular formula is C35H35Cl2N3O4S.